The van der Waals surface area contributed by atoms with E-state index in [1.54, 1.807) is 32.2 Å². The Morgan fingerprint density at radius 1 is 0.963 bits per heavy atom. The summed E-state index contributed by atoms with van der Waals surface area (Å²) in [5, 5.41) is 26.1. The second-order valence-electron chi connectivity index (χ2n) is 13.8. The van der Waals surface area contributed by atoms with Gasteiger partial charge in [0.25, 0.3) is 0 Å². The fraction of sp³-hybridized carbons (Fsp3) is 0.400. The smallest absolute Gasteiger partial charge is 0.306 e. The number of likely N-dealkylation sites (tertiary alicyclic amines) is 1. The lowest BCUT2D eigenvalue weighted by Gasteiger charge is -2.35. The van der Waals surface area contributed by atoms with Crippen molar-refractivity contribution in [2.24, 2.45) is 5.92 Å². The van der Waals surface area contributed by atoms with Crippen molar-refractivity contribution in [1.82, 2.24) is 29.5 Å². The molecule has 284 valence electrons. The van der Waals surface area contributed by atoms with E-state index in [0.29, 0.717) is 86.3 Å². The van der Waals surface area contributed by atoms with Crippen LogP contribution in [0.15, 0.2) is 60.8 Å². The Kier molecular flexibility index (Phi) is 11.3. The number of halogens is 1. The molecule has 0 bridgehead atoms. The highest BCUT2D eigenvalue weighted by Gasteiger charge is 2.30. The monoisotopic (exact) mass is 756 g/mol. The molecule has 2 aromatic carbocycles. The lowest BCUT2D eigenvalue weighted by Crippen LogP contribution is -2.47. The number of pyridine rings is 2. The highest BCUT2D eigenvalue weighted by molar-refractivity contribution is 6.36. The van der Waals surface area contributed by atoms with Crippen molar-refractivity contribution in [1.29, 1.82) is 0 Å². The topological polar surface area (TPSA) is 145 Å². The average molecular weight is 757 g/mol. The first-order valence-electron chi connectivity index (χ1n) is 18.0. The van der Waals surface area contributed by atoms with Crippen LogP contribution >= 0.6 is 11.6 Å². The number of nitrogens with zero attached hydrogens (tertiary/aromatic N) is 6. The Morgan fingerprint density at radius 3 is 2.43 bits per heavy atom. The maximum atomic E-state index is 11.4. The predicted octanol–water partition coefficient (Wildman–Crippen LogP) is 5.71. The number of hydrogen-bond donors (Lipinski definition) is 2. The van der Waals surface area contributed by atoms with Gasteiger partial charge in [-0.15, -0.1) is 0 Å². The Bertz CT molecular complexity index is 2110. The van der Waals surface area contributed by atoms with Gasteiger partial charge in [0.2, 0.25) is 11.8 Å². The van der Waals surface area contributed by atoms with Crippen LogP contribution in [-0.4, -0.2) is 113 Å². The number of benzene rings is 2. The molecule has 0 radical (unpaired) electrons. The Balaban J connectivity index is 1.17. The van der Waals surface area contributed by atoms with Gasteiger partial charge >= 0.3 is 5.97 Å². The summed E-state index contributed by atoms with van der Waals surface area (Å²) in [6, 6.07) is 17.6. The Morgan fingerprint density at radius 2 is 1.70 bits per heavy atom. The molecule has 3 aromatic heterocycles. The first kappa shape index (κ1) is 37.5. The number of carboxylic acids is 1. The van der Waals surface area contributed by atoms with E-state index in [-0.39, 0.29) is 12.0 Å². The van der Waals surface area contributed by atoms with Crippen LogP contribution in [0.1, 0.15) is 30.4 Å². The SMILES string of the molecule is COc1cc(-n2ncc3c(-c4cccc(-c5ccc(CN6CCC(C(=O)O)CC6)c(OC)n5)c4Cl)cccc32)nc(OC)c1CN(C)[C@@H]1CCOC[C@@H]1O. The number of aliphatic carboxylic acids is 1. The van der Waals surface area contributed by atoms with Crippen LogP contribution in [0.2, 0.25) is 5.02 Å². The van der Waals surface area contributed by atoms with Crippen LogP contribution < -0.4 is 14.2 Å². The summed E-state index contributed by atoms with van der Waals surface area (Å²) in [6.07, 6.45) is 3.20. The van der Waals surface area contributed by atoms with E-state index in [0.717, 1.165) is 45.1 Å². The number of fused-ring (bicyclic) bond motifs is 1. The number of hydrogen-bond acceptors (Lipinski definition) is 11. The van der Waals surface area contributed by atoms with Gasteiger partial charge < -0.3 is 29.2 Å². The summed E-state index contributed by atoms with van der Waals surface area (Å²) in [6.45, 7) is 3.40. The standard InChI is InChI=1S/C40H45ClN6O7/c1-45(33-15-18-54-23-34(33)48)22-30-35(51-2)19-36(44-39(30)53-4)47-32-10-6-7-26(29(32)20-42-47)27-8-5-9-28(37(27)41)31-12-11-25(38(43-31)52-3)21-46-16-13-24(14-17-46)40(49)50/h5-12,19-20,24,33-34,48H,13-18,21-23H2,1-4H3,(H,49,50)/t33-,34+/m1/s1. The van der Waals surface area contributed by atoms with Crippen molar-refractivity contribution in [2.75, 3.05) is 54.7 Å². The summed E-state index contributed by atoms with van der Waals surface area (Å²) in [7, 11) is 6.77. The molecule has 0 spiro atoms. The molecular formula is C40H45ClN6O7. The molecule has 2 fully saturated rings. The molecule has 2 aliphatic heterocycles. The second kappa shape index (κ2) is 16.3. The third-order valence-electron chi connectivity index (χ3n) is 10.6. The molecule has 0 amide bonds. The molecule has 2 atom stereocenters. The number of rotatable bonds is 12. The van der Waals surface area contributed by atoms with E-state index in [9.17, 15) is 15.0 Å². The number of methoxy groups -OCH3 is 3. The summed E-state index contributed by atoms with van der Waals surface area (Å²) < 4.78 is 24.6. The molecule has 5 aromatic rings. The maximum Gasteiger partial charge on any atom is 0.306 e. The zero-order valence-corrected chi connectivity index (χ0v) is 31.6. The number of piperidine rings is 1. The van der Waals surface area contributed by atoms with E-state index in [1.807, 2.05) is 61.6 Å². The van der Waals surface area contributed by atoms with Crippen LogP contribution in [0.3, 0.4) is 0 Å². The normalized spacial score (nSPS) is 18.3. The van der Waals surface area contributed by atoms with Gasteiger partial charge in [-0.1, -0.05) is 48.0 Å². The number of ether oxygens (including phenoxy) is 4. The predicted molar refractivity (Wildman–Crippen MR) is 205 cm³/mol. The van der Waals surface area contributed by atoms with E-state index < -0.39 is 12.1 Å². The first-order chi connectivity index (χ1) is 26.2. The van der Waals surface area contributed by atoms with E-state index >= 15 is 0 Å². The van der Waals surface area contributed by atoms with Gasteiger partial charge in [-0.2, -0.15) is 10.1 Å². The molecule has 54 heavy (non-hydrogen) atoms. The molecule has 5 heterocycles. The number of carbonyl (C=O) groups is 1. The van der Waals surface area contributed by atoms with Crippen molar-refractivity contribution < 1.29 is 34.0 Å². The Hall–Kier alpha value is -4.79. The third-order valence-corrected chi connectivity index (χ3v) is 11.0. The van der Waals surface area contributed by atoms with Crippen molar-refractivity contribution in [2.45, 2.75) is 44.5 Å². The van der Waals surface area contributed by atoms with Crippen molar-refractivity contribution >= 4 is 28.5 Å². The molecule has 2 saturated heterocycles. The highest BCUT2D eigenvalue weighted by Crippen LogP contribution is 2.40. The first-order valence-corrected chi connectivity index (χ1v) is 18.4. The van der Waals surface area contributed by atoms with E-state index in [2.05, 4.69) is 9.80 Å². The quantitative estimate of drug-likeness (QED) is 0.161. The van der Waals surface area contributed by atoms with Gasteiger partial charge in [0, 0.05) is 53.9 Å². The lowest BCUT2D eigenvalue weighted by molar-refractivity contribution is -0.143. The summed E-state index contributed by atoms with van der Waals surface area (Å²) in [4.78, 5) is 25.4. The van der Waals surface area contributed by atoms with Gasteiger partial charge in [-0.3, -0.25) is 14.6 Å². The largest absolute Gasteiger partial charge is 0.496 e. The lowest BCUT2D eigenvalue weighted by atomic mass is 9.96. The maximum absolute atomic E-state index is 11.4. The second-order valence-corrected chi connectivity index (χ2v) is 14.2. The molecule has 14 heteroatoms. The van der Waals surface area contributed by atoms with Crippen LogP contribution in [0, 0.1) is 5.92 Å². The molecule has 0 unspecified atom stereocenters. The molecule has 2 aliphatic rings. The fourth-order valence-corrected chi connectivity index (χ4v) is 7.94. The summed E-state index contributed by atoms with van der Waals surface area (Å²) in [5.74, 6) is 1.03. The minimum Gasteiger partial charge on any atom is -0.496 e. The van der Waals surface area contributed by atoms with Gasteiger partial charge in [0.05, 0.1) is 68.0 Å². The zero-order chi connectivity index (χ0) is 37.9. The van der Waals surface area contributed by atoms with Crippen molar-refractivity contribution in [3.8, 4) is 45.7 Å². The fourth-order valence-electron chi connectivity index (χ4n) is 7.61. The number of aliphatic hydroxyl groups excluding tert-OH is 1. The highest BCUT2D eigenvalue weighted by atomic mass is 35.5. The van der Waals surface area contributed by atoms with Crippen LogP contribution in [0.25, 0.3) is 39.1 Å². The number of likely N-dealkylation sites (N-methyl/N-ethyl adjacent to an activating group) is 1. The number of aromatic nitrogens is 4. The molecule has 7 rings (SSSR count). The van der Waals surface area contributed by atoms with Gasteiger partial charge in [0.1, 0.15) is 5.75 Å². The molecule has 2 N–H and O–H groups in total. The Labute approximate surface area is 319 Å². The van der Waals surface area contributed by atoms with E-state index in [4.69, 9.17) is 45.6 Å². The van der Waals surface area contributed by atoms with Crippen LogP contribution in [0.4, 0.5) is 0 Å². The third kappa shape index (κ3) is 7.46. The molecule has 0 saturated carbocycles. The van der Waals surface area contributed by atoms with Gasteiger partial charge in [0.15, 0.2) is 5.82 Å². The molecule has 0 aliphatic carbocycles. The number of carboxylic acid groups (broad SMARTS) is 1. The van der Waals surface area contributed by atoms with Crippen LogP contribution in [0.5, 0.6) is 17.5 Å². The summed E-state index contributed by atoms with van der Waals surface area (Å²) in [5.41, 5.74) is 5.67. The zero-order valence-electron chi connectivity index (χ0n) is 30.9. The van der Waals surface area contributed by atoms with Crippen molar-refractivity contribution in [3.63, 3.8) is 0 Å². The summed E-state index contributed by atoms with van der Waals surface area (Å²) >= 11 is 7.20. The average Bonchev–Trinajstić information content (AvgIpc) is 3.63. The van der Waals surface area contributed by atoms with E-state index in [1.165, 1.54) is 0 Å². The van der Waals surface area contributed by atoms with Gasteiger partial charge in [-0.25, -0.2) is 9.67 Å². The minimum absolute atomic E-state index is 0.0647. The van der Waals surface area contributed by atoms with Crippen LogP contribution in [-0.2, 0) is 22.6 Å². The minimum atomic E-state index is -0.723. The van der Waals surface area contributed by atoms with Crippen molar-refractivity contribution in [3.05, 3.63) is 76.9 Å². The molecular weight excluding hydrogens is 712 g/mol. The number of aliphatic hydroxyl groups is 1. The van der Waals surface area contributed by atoms with Gasteiger partial charge in [-0.05, 0) is 57.1 Å². The molecule has 13 nitrogen and oxygen atoms in total.